The molecule has 238 valence electrons. The number of rotatable bonds is 5. The highest BCUT2D eigenvalue weighted by molar-refractivity contribution is 6.33. The van der Waals surface area contributed by atoms with Crippen LogP contribution in [0.3, 0.4) is 0 Å². The van der Waals surface area contributed by atoms with Gasteiger partial charge in [-0.25, -0.2) is 0 Å². The van der Waals surface area contributed by atoms with Crippen LogP contribution in [0.2, 0.25) is 5.02 Å². The number of fused-ring (bicyclic) bond motifs is 3. The third-order valence-corrected chi connectivity index (χ3v) is 9.47. The van der Waals surface area contributed by atoms with E-state index in [1.807, 2.05) is 170 Å². The van der Waals surface area contributed by atoms with Crippen molar-refractivity contribution < 1.29 is 14.3 Å². The quantitative estimate of drug-likeness (QED) is 0.185. The molecule has 0 N–H and O–H groups in total. The average molecular weight is 659 g/mol. The van der Waals surface area contributed by atoms with Gasteiger partial charge in [0.2, 0.25) is 5.72 Å². The third-order valence-electron chi connectivity index (χ3n) is 9.24. The fraction of sp³-hybridized carbons (Fsp3) is 0.0698. The monoisotopic (exact) mass is 658 g/mol. The summed E-state index contributed by atoms with van der Waals surface area (Å²) in [7, 11) is 0. The summed E-state index contributed by atoms with van der Waals surface area (Å²) < 4.78 is 7.45. The van der Waals surface area contributed by atoms with Gasteiger partial charge >= 0.3 is 0 Å². The Bertz CT molecular complexity index is 2190. The molecule has 6 heteroatoms. The van der Waals surface area contributed by atoms with E-state index in [0.29, 0.717) is 33.3 Å². The zero-order chi connectivity index (χ0) is 33.4. The van der Waals surface area contributed by atoms with E-state index in [9.17, 15) is 4.79 Å². The Labute approximate surface area is 290 Å². The molecule has 49 heavy (non-hydrogen) atoms. The SMILES string of the molecule is O=C(c1ccccc1)N1c2ccccc2N2C(=O)C(c3ccccc3)=C(c3ccccc3)O[C@]2(c2ccccc2)C[C@@H]1c1cccc(Cl)c1. The molecule has 6 aromatic carbocycles. The highest BCUT2D eigenvalue weighted by Gasteiger charge is 2.56. The van der Waals surface area contributed by atoms with E-state index in [4.69, 9.17) is 16.3 Å². The third kappa shape index (κ3) is 5.29. The van der Waals surface area contributed by atoms with E-state index >= 15 is 4.79 Å². The molecule has 0 unspecified atom stereocenters. The Morgan fingerprint density at radius 1 is 0.653 bits per heavy atom. The number of carbonyl (C=O) groups excluding carboxylic acids is 2. The van der Waals surface area contributed by atoms with Gasteiger partial charge in [-0.15, -0.1) is 0 Å². The van der Waals surface area contributed by atoms with Gasteiger partial charge in [-0.3, -0.25) is 19.4 Å². The van der Waals surface area contributed by atoms with Gasteiger partial charge in [0, 0.05) is 28.1 Å². The van der Waals surface area contributed by atoms with Gasteiger partial charge in [0.1, 0.15) is 5.76 Å². The largest absolute Gasteiger partial charge is 0.462 e. The smallest absolute Gasteiger partial charge is 0.266 e. The molecule has 2 heterocycles. The zero-order valence-corrected chi connectivity index (χ0v) is 27.2. The summed E-state index contributed by atoms with van der Waals surface area (Å²) in [5.74, 6) is 0.0431. The lowest BCUT2D eigenvalue weighted by molar-refractivity contribution is -0.120. The minimum Gasteiger partial charge on any atom is -0.462 e. The average Bonchev–Trinajstić information content (AvgIpc) is 3.29. The van der Waals surface area contributed by atoms with Crippen LogP contribution in [0.25, 0.3) is 11.3 Å². The number of hydrogen-bond acceptors (Lipinski definition) is 3. The number of ether oxygens (including phenoxy) is 1. The molecule has 2 amide bonds. The number of amides is 2. The molecule has 2 aliphatic rings. The molecular formula is C43H31ClN2O3. The standard InChI is InChI=1S/C43H31ClN2O3/c44-35-25-15-22-33(28-35)38-29-43(34-23-11-4-12-24-34)46(37-27-14-13-26-36(37)45(38)41(47)32-20-9-3-10-21-32)42(48)39(30-16-5-1-6-17-30)40(49-43)31-18-7-2-8-19-31/h1-28,38H,29H2/t38-,43+/m1/s1. The van der Waals surface area contributed by atoms with Crippen molar-refractivity contribution in [2.75, 3.05) is 9.80 Å². The number of carbonyl (C=O) groups is 2. The van der Waals surface area contributed by atoms with Gasteiger partial charge in [-0.2, -0.15) is 0 Å². The van der Waals surface area contributed by atoms with Crippen LogP contribution >= 0.6 is 11.6 Å². The highest BCUT2D eigenvalue weighted by Crippen LogP contribution is 2.56. The lowest BCUT2D eigenvalue weighted by Gasteiger charge is -2.48. The highest BCUT2D eigenvalue weighted by atomic mass is 35.5. The van der Waals surface area contributed by atoms with Crippen LogP contribution < -0.4 is 9.80 Å². The first-order chi connectivity index (χ1) is 24.0. The predicted molar refractivity (Wildman–Crippen MR) is 195 cm³/mol. The fourth-order valence-corrected chi connectivity index (χ4v) is 7.26. The molecule has 0 aliphatic carbocycles. The van der Waals surface area contributed by atoms with Gasteiger partial charge < -0.3 is 4.74 Å². The summed E-state index contributed by atoms with van der Waals surface area (Å²) in [6, 6.07) is 53.0. The molecular weight excluding hydrogens is 628 g/mol. The van der Waals surface area contributed by atoms with Crippen molar-refractivity contribution in [1.29, 1.82) is 0 Å². The van der Waals surface area contributed by atoms with Crippen LogP contribution in [-0.2, 0) is 15.3 Å². The van der Waals surface area contributed by atoms with Crippen LogP contribution in [0.1, 0.15) is 45.1 Å². The minimum absolute atomic E-state index is 0.201. The fourth-order valence-electron chi connectivity index (χ4n) is 7.06. The first-order valence-corrected chi connectivity index (χ1v) is 16.6. The Balaban J connectivity index is 1.47. The summed E-state index contributed by atoms with van der Waals surface area (Å²) in [6.45, 7) is 0. The lowest BCUT2D eigenvalue weighted by Crippen LogP contribution is -2.55. The van der Waals surface area contributed by atoms with Crippen molar-refractivity contribution in [3.63, 3.8) is 0 Å². The van der Waals surface area contributed by atoms with Crippen molar-refractivity contribution >= 4 is 46.1 Å². The van der Waals surface area contributed by atoms with Gasteiger partial charge in [-0.05, 0) is 47.5 Å². The second-order valence-corrected chi connectivity index (χ2v) is 12.6. The molecule has 5 nitrogen and oxygen atoms in total. The zero-order valence-electron chi connectivity index (χ0n) is 26.4. The Morgan fingerprint density at radius 3 is 1.88 bits per heavy atom. The molecule has 0 spiro atoms. The second-order valence-electron chi connectivity index (χ2n) is 12.1. The Hall–Kier alpha value is -5.91. The summed E-state index contributed by atoms with van der Waals surface area (Å²) >= 11 is 6.65. The van der Waals surface area contributed by atoms with Crippen molar-refractivity contribution in [2.45, 2.75) is 18.2 Å². The number of para-hydroxylation sites is 2. The van der Waals surface area contributed by atoms with E-state index in [1.54, 1.807) is 9.80 Å². The lowest BCUT2D eigenvalue weighted by atomic mass is 9.86. The Kier molecular flexibility index (Phi) is 7.83. The van der Waals surface area contributed by atoms with Crippen LogP contribution in [0.4, 0.5) is 11.4 Å². The van der Waals surface area contributed by atoms with Crippen molar-refractivity contribution in [3.05, 3.63) is 203 Å². The number of nitrogens with zero attached hydrogens (tertiary/aromatic N) is 2. The normalized spacial score (nSPS) is 18.6. The van der Waals surface area contributed by atoms with E-state index in [0.717, 1.165) is 22.3 Å². The van der Waals surface area contributed by atoms with Crippen LogP contribution in [0.15, 0.2) is 170 Å². The molecule has 0 bridgehead atoms. The van der Waals surface area contributed by atoms with Crippen LogP contribution in [0.5, 0.6) is 0 Å². The maximum absolute atomic E-state index is 15.5. The first kappa shape index (κ1) is 30.4. The molecule has 0 saturated heterocycles. The van der Waals surface area contributed by atoms with Gasteiger partial charge in [0.05, 0.1) is 23.0 Å². The van der Waals surface area contributed by atoms with E-state index in [-0.39, 0.29) is 18.2 Å². The number of anilines is 2. The second kappa shape index (κ2) is 12.6. The van der Waals surface area contributed by atoms with Crippen molar-refractivity contribution in [1.82, 2.24) is 0 Å². The van der Waals surface area contributed by atoms with E-state index in [2.05, 4.69) is 0 Å². The van der Waals surface area contributed by atoms with Crippen molar-refractivity contribution in [3.8, 4) is 0 Å². The summed E-state index contributed by atoms with van der Waals surface area (Å²) in [5, 5.41) is 0.546. The van der Waals surface area contributed by atoms with Crippen LogP contribution in [-0.4, -0.2) is 11.8 Å². The van der Waals surface area contributed by atoms with Crippen molar-refractivity contribution in [2.24, 2.45) is 0 Å². The molecule has 0 radical (unpaired) electrons. The summed E-state index contributed by atoms with van der Waals surface area (Å²) in [6.07, 6.45) is 0.203. The topological polar surface area (TPSA) is 49.9 Å². The van der Waals surface area contributed by atoms with E-state index in [1.165, 1.54) is 0 Å². The maximum atomic E-state index is 15.5. The maximum Gasteiger partial charge on any atom is 0.266 e. The molecule has 0 aromatic heterocycles. The van der Waals surface area contributed by atoms with Gasteiger partial charge in [0.25, 0.3) is 11.8 Å². The number of hydrogen-bond donors (Lipinski definition) is 0. The van der Waals surface area contributed by atoms with Gasteiger partial charge in [0.15, 0.2) is 0 Å². The Morgan fingerprint density at radius 2 is 1.22 bits per heavy atom. The molecule has 2 aliphatic heterocycles. The number of halogens is 1. The molecule has 6 aromatic rings. The summed E-state index contributed by atoms with van der Waals surface area (Å²) in [5.41, 5.74) is 3.85. The molecule has 0 saturated carbocycles. The van der Waals surface area contributed by atoms with E-state index < -0.39 is 11.8 Å². The molecule has 0 fully saturated rings. The number of benzene rings is 6. The summed E-state index contributed by atoms with van der Waals surface area (Å²) in [4.78, 5) is 33.9. The predicted octanol–water partition coefficient (Wildman–Crippen LogP) is 9.92. The van der Waals surface area contributed by atoms with Crippen LogP contribution in [0, 0.1) is 0 Å². The van der Waals surface area contributed by atoms with Gasteiger partial charge in [-0.1, -0.05) is 145 Å². The molecule has 8 rings (SSSR count). The molecule has 2 atom stereocenters. The first-order valence-electron chi connectivity index (χ1n) is 16.2. The minimum atomic E-state index is -1.38.